The molecule has 1 unspecified atom stereocenters. The largest absolute Gasteiger partial charge is 0.465 e. The molecule has 1 amide bonds. The third-order valence-electron chi connectivity index (χ3n) is 4.72. The fourth-order valence-electron chi connectivity index (χ4n) is 3.39. The van der Waals surface area contributed by atoms with Crippen LogP contribution in [0.25, 0.3) is 21.9 Å². The van der Waals surface area contributed by atoms with Crippen LogP contribution in [0.4, 0.5) is 5.00 Å². The molecule has 27 heavy (non-hydrogen) atoms. The van der Waals surface area contributed by atoms with Crippen molar-refractivity contribution in [3.63, 3.8) is 0 Å². The zero-order chi connectivity index (χ0) is 18.8. The Labute approximate surface area is 160 Å². The standard InChI is InChI=1S/C21H19NO4S/c1-25-21(24)18-16(15-9-4-7-13-6-2-3-8-14(13)15)12-27-20(18)22-19(23)17-10-5-11-26-17/h2-4,6-9,12,17H,5,10-11H2,1H3,(H,22,23). The third kappa shape index (κ3) is 3.34. The molecule has 2 heterocycles. The molecular weight excluding hydrogens is 362 g/mol. The van der Waals surface area contributed by atoms with Crippen molar-refractivity contribution >= 4 is 39.0 Å². The molecule has 1 aliphatic rings. The number of hydrogen-bond donors (Lipinski definition) is 1. The van der Waals surface area contributed by atoms with Gasteiger partial charge in [0.2, 0.25) is 0 Å². The summed E-state index contributed by atoms with van der Waals surface area (Å²) in [6, 6.07) is 14.0. The van der Waals surface area contributed by atoms with Crippen molar-refractivity contribution in [3.05, 3.63) is 53.4 Å². The molecule has 1 atom stereocenters. The molecule has 0 saturated carbocycles. The average Bonchev–Trinajstić information content (AvgIpc) is 3.37. The predicted molar refractivity (Wildman–Crippen MR) is 106 cm³/mol. The zero-order valence-corrected chi connectivity index (χ0v) is 15.7. The van der Waals surface area contributed by atoms with Crippen LogP contribution in [0.3, 0.4) is 0 Å². The van der Waals surface area contributed by atoms with E-state index in [-0.39, 0.29) is 5.91 Å². The third-order valence-corrected chi connectivity index (χ3v) is 5.61. The first kappa shape index (κ1) is 17.7. The highest BCUT2D eigenvalue weighted by Gasteiger charge is 2.28. The van der Waals surface area contributed by atoms with Gasteiger partial charge in [0.05, 0.1) is 7.11 Å². The van der Waals surface area contributed by atoms with Crippen LogP contribution in [-0.4, -0.2) is 31.7 Å². The van der Waals surface area contributed by atoms with Crippen molar-refractivity contribution in [1.82, 2.24) is 0 Å². The molecule has 5 nitrogen and oxygen atoms in total. The van der Waals surface area contributed by atoms with Crippen LogP contribution in [0.2, 0.25) is 0 Å². The van der Waals surface area contributed by atoms with Gasteiger partial charge in [-0.2, -0.15) is 0 Å². The number of anilines is 1. The number of nitrogens with one attached hydrogen (secondary N) is 1. The van der Waals surface area contributed by atoms with Crippen LogP contribution >= 0.6 is 11.3 Å². The fraction of sp³-hybridized carbons (Fsp3) is 0.238. The van der Waals surface area contributed by atoms with Crippen molar-refractivity contribution in [2.24, 2.45) is 0 Å². The van der Waals surface area contributed by atoms with E-state index in [1.54, 1.807) is 0 Å². The maximum absolute atomic E-state index is 12.5. The van der Waals surface area contributed by atoms with Gasteiger partial charge < -0.3 is 14.8 Å². The van der Waals surface area contributed by atoms with E-state index < -0.39 is 12.1 Å². The number of thiophene rings is 1. The molecule has 0 bridgehead atoms. The number of ether oxygens (including phenoxy) is 2. The van der Waals surface area contributed by atoms with Crippen LogP contribution in [0.15, 0.2) is 47.8 Å². The quantitative estimate of drug-likeness (QED) is 0.677. The van der Waals surface area contributed by atoms with Crippen molar-refractivity contribution in [2.75, 3.05) is 19.0 Å². The second kappa shape index (κ2) is 7.50. The Balaban J connectivity index is 1.78. The van der Waals surface area contributed by atoms with E-state index in [1.165, 1.54) is 18.4 Å². The molecule has 1 aliphatic heterocycles. The number of amides is 1. The van der Waals surface area contributed by atoms with E-state index in [0.29, 0.717) is 23.6 Å². The SMILES string of the molecule is COC(=O)c1c(-c2cccc3ccccc23)csc1NC(=O)C1CCCO1. The molecule has 0 radical (unpaired) electrons. The first-order valence-corrected chi connectivity index (χ1v) is 9.67. The molecule has 1 fully saturated rings. The lowest BCUT2D eigenvalue weighted by Crippen LogP contribution is -2.27. The van der Waals surface area contributed by atoms with Gasteiger partial charge in [0.15, 0.2) is 0 Å². The summed E-state index contributed by atoms with van der Waals surface area (Å²) in [4.78, 5) is 25.0. The predicted octanol–water partition coefficient (Wildman–Crippen LogP) is 4.47. The summed E-state index contributed by atoms with van der Waals surface area (Å²) < 4.78 is 10.4. The van der Waals surface area contributed by atoms with E-state index in [4.69, 9.17) is 9.47 Å². The second-order valence-electron chi connectivity index (χ2n) is 6.36. The first-order chi connectivity index (χ1) is 13.2. The van der Waals surface area contributed by atoms with Crippen LogP contribution in [-0.2, 0) is 14.3 Å². The van der Waals surface area contributed by atoms with Gasteiger partial charge >= 0.3 is 5.97 Å². The molecule has 138 valence electrons. The minimum Gasteiger partial charge on any atom is -0.465 e. The maximum Gasteiger partial charge on any atom is 0.341 e. The summed E-state index contributed by atoms with van der Waals surface area (Å²) in [5, 5.41) is 7.37. The zero-order valence-electron chi connectivity index (χ0n) is 14.9. The highest BCUT2D eigenvalue weighted by atomic mass is 32.1. The van der Waals surface area contributed by atoms with Gasteiger partial charge in [-0.25, -0.2) is 4.79 Å². The molecule has 0 aliphatic carbocycles. The van der Waals surface area contributed by atoms with E-state index in [0.717, 1.165) is 28.3 Å². The Bertz CT molecular complexity index is 999. The summed E-state index contributed by atoms with van der Waals surface area (Å²) in [5.74, 6) is -0.689. The maximum atomic E-state index is 12.5. The molecule has 6 heteroatoms. The van der Waals surface area contributed by atoms with Crippen molar-refractivity contribution in [2.45, 2.75) is 18.9 Å². The molecule has 4 rings (SSSR count). The summed E-state index contributed by atoms with van der Waals surface area (Å²) in [7, 11) is 1.35. The van der Waals surface area contributed by atoms with Gasteiger partial charge in [0, 0.05) is 17.6 Å². The van der Waals surface area contributed by atoms with E-state index in [2.05, 4.69) is 5.32 Å². The lowest BCUT2D eigenvalue weighted by Gasteiger charge is -2.12. The number of carbonyl (C=O) groups excluding carboxylic acids is 2. The van der Waals surface area contributed by atoms with Crippen molar-refractivity contribution < 1.29 is 19.1 Å². The number of fused-ring (bicyclic) bond motifs is 1. The second-order valence-corrected chi connectivity index (χ2v) is 7.24. The van der Waals surface area contributed by atoms with Crippen molar-refractivity contribution in [1.29, 1.82) is 0 Å². The number of esters is 1. The van der Waals surface area contributed by atoms with Crippen LogP contribution < -0.4 is 5.32 Å². The van der Waals surface area contributed by atoms with Gasteiger partial charge in [-0.1, -0.05) is 42.5 Å². The average molecular weight is 381 g/mol. The number of hydrogen-bond acceptors (Lipinski definition) is 5. The highest BCUT2D eigenvalue weighted by molar-refractivity contribution is 7.15. The number of carbonyl (C=O) groups is 2. The van der Waals surface area contributed by atoms with Gasteiger partial charge in [-0.05, 0) is 29.2 Å². The number of rotatable bonds is 4. The Morgan fingerprint density at radius 1 is 1.15 bits per heavy atom. The van der Waals surface area contributed by atoms with E-state index in [9.17, 15) is 9.59 Å². The van der Waals surface area contributed by atoms with Crippen LogP contribution in [0.5, 0.6) is 0 Å². The normalized spacial score (nSPS) is 16.4. The summed E-state index contributed by atoms with van der Waals surface area (Å²) >= 11 is 1.32. The van der Waals surface area contributed by atoms with Gasteiger partial charge in [0.25, 0.3) is 5.91 Å². The van der Waals surface area contributed by atoms with Gasteiger partial charge in [-0.3, -0.25) is 4.79 Å². The summed E-state index contributed by atoms with van der Waals surface area (Å²) in [5.41, 5.74) is 2.07. The molecule has 2 aromatic carbocycles. The van der Waals surface area contributed by atoms with E-state index in [1.807, 2.05) is 47.8 Å². The molecule has 1 aromatic heterocycles. The number of benzene rings is 2. The molecule has 1 saturated heterocycles. The fourth-order valence-corrected chi connectivity index (χ4v) is 4.34. The molecule has 0 spiro atoms. The van der Waals surface area contributed by atoms with Gasteiger partial charge in [-0.15, -0.1) is 11.3 Å². The summed E-state index contributed by atoms with van der Waals surface area (Å²) in [6.07, 6.45) is 1.10. The minimum atomic E-state index is -0.471. The Morgan fingerprint density at radius 2 is 1.96 bits per heavy atom. The smallest absolute Gasteiger partial charge is 0.341 e. The molecule has 1 N–H and O–H groups in total. The number of methoxy groups -OCH3 is 1. The van der Waals surface area contributed by atoms with Crippen LogP contribution in [0, 0.1) is 0 Å². The minimum absolute atomic E-state index is 0.219. The Morgan fingerprint density at radius 3 is 2.74 bits per heavy atom. The van der Waals surface area contributed by atoms with Crippen molar-refractivity contribution in [3.8, 4) is 11.1 Å². The Kier molecular flexibility index (Phi) is 4.92. The highest BCUT2D eigenvalue weighted by Crippen LogP contribution is 2.39. The lowest BCUT2D eigenvalue weighted by molar-refractivity contribution is -0.124. The first-order valence-electron chi connectivity index (χ1n) is 8.79. The topological polar surface area (TPSA) is 64.6 Å². The van der Waals surface area contributed by atoms with Crippen LogP contribution in [0.1, 0.15) is 23.2 Å². The lowest BCUT2D eigenvalue weighted by atomic mass is 9.97. The monoisotopic (exact) mass is 381 g/mol. The Hall–Kier alpha value is -2.70. The molecular formula is C21H19NO4S. The van der Waals surface area contributed by atoms with Gasteiger partial charge in [0.1, 0.15) is 16.7 Å². The summed E-state index contributed by atoms with van der Waals surface area (Å²) in [6.45, 7) is 0.591. The molecule has 3 aromatic rings. The van der Waals surface area contributed by atoms with E-state index >= 15 is 0 Å².